The molecule has 2 rings (SSSR count). The highest BCUT2D eigenvalue weighted by Crippen LogP contribution is 2.33. The largest absolute Gasteiger partial charge is 0.478 e. The zero-order chi connectivity index (χ0) is 14.8. The van der Waals surface area contributed by atoms with Gasteiger partial charge in [-0.2, -0.15) is 13.2 Å². The summed E-state index contributed by atoms with van der Waals surface area (Å²) in [6.45, 7) is 0. The summed E-state index contributed by atoms with van der Waals surface area (Å²) in [5, 5.41) is 9.01. The van der Waals surface area contributed by atoms with Crippen LogP contribution in [-0.4, -0.2) is 16.1 Å². The summed E-state index contributed by atoms with van der Waals surface area (Å²) in [5.41, 5.74) is -0.716. The molecule has 1 aromatic carbocycles. The first-order chi connectivity index (χ1) is 9.36. The Morgan fingerprint density at radius 2 is 1.95 bits per heavy atom. The van der Waals surface area contributed by atoms with Crippen molar-refractivity contribution in [1.82, 2.24) is 4.98 Å². The van der Waals surface area contributed by atoms with Gasteiger partial charge in [-0.05, 0) is 30.3 Å². The number of carboxylic acid groups (broad SMARTS) is 1. The number of aromatic nitrogens is 1. The van der Waals surface area contributed by atoms with Crippen LogP contribution in [0.4, 0.5) is 13.2 Å². The third-order valence-electron chi connectivity index (χ3n) is 2.37. The number of carbonyl (C=O) groups is 1. The highest BCUT2D eigenvalue weighted by molar-refractivity contribution is 7.99. The number of alkyl halides is 3. The van der Waals surface area contributed by atoms with E-state index in [9.17, 15) is 18.0 Å². The molecule has 0 atom stereocenters. The van der Waals surface area contributed by atoms with Gasteiger partial charge in [0.1, 0.15) is 5.03 Å². The summed E-state index contributed by atoms with van der Waals surface area (Å²) >= 11 is 0.975. The number of hydrogen-bond acceptors (Lipinski definition) is 3. The molecule has 0 aliphatic heterocycles. The summed E-state index contributed by atoms with van der Waals surface area (Å²) in [7, 11) is 0. The number of aromatic carboxylic acids is 1. The van der Waals surface area contributed by atoms with Crippen LogP contribution in [-0.2, 0) is 6.18 Å². The van der Waals surface area contributed by atoms with Crippen molar-refractivity contribution in [1.29, 1.82) is 0 Å². The van der Waals surface area contributed by atoms with Gasteiger partial charge in [0.25, 0.3) is 0 Å². The van der Waals surface area contributed by atoms with Gasteiger partial charge in [-0.1, -0.05) is 17.8 Å². The average molecular weight is 299 g/mol. The van der Waals surface area contributed by atoms with Gasteiger partial charge in [0.15, 0.2) is 0 Å². The number of halogens is 3. The first-order valence-electron chi connectivity index (χ1n) is 5.41. The lowest BCUT2D eigenvalue weighted by Gasteiger charge is -2.08. The molecule has 0 aliphatic carbocycles. The number of hydrogen-bond donors (Lipinski definition) is 1. The van der Waals surface area contributed by atoms with E-state index in [1.165, 1.54) is 18.2 Å². The summed E-state index contributed by atoms with van der Waals surface area (Å²) in [6, 6.07) is 7.75. The molecule has 1 N–H and O–H groups in total. The highest BCUT2D eigenvalue weighted by atomic mass is 32.2. The summed E-state index contributed by atoms with van der Waals surface area (Å²) in [4.78, 5) is 15.2. The molecule has 104 valence electrons. The monoisotopic (exact) mass is 299 g/mol. The second-order valence-corrected chi connectivity index (χ2v) is 4.91. The Morgan fingerprint density at radius 3 is 2.60 bits per heavy atom. The zero-order valence-electron chi connectivity index (χ0n) is 9.89. The molecular formula is C13H8F3NO2S. The minimum Gasteiger partial charge on any atom is -0.478 e. The Morgan fingerprint density at radius 1 is 1.20 bits per heavy atom. The van der Waals surface area contributed by atoms with Crippen molar-refractivity contribution in [3.8, 4) is 0 Å². The lowest BCUT2D eigenvalue weighted by atomic mass is 10.2. The maximum Gasteiger partial charge on any atom is 0.416 e. The number of nitrogens with zero attached hydrogens (tertiary/aromatic N) is 1. The van der Waals surface area contributed by atoms with Crippen LogP contribution in [0.15, 0.2) is 52.5 Å². The van der Waals surface area contributed by atoms with Crippen LogP contribution in [0.3, 0.4) is 0 Å². The van der Waals surface area contributed by atoms with Gasteiger partial charge in [-0.25, -0.2) is 9.78 Å². The SMILES string of the molecule is O=C(O)c1cccc(Sc2cc(C(F)(F)F)ccn2)c1. The molecule has 1 aromatic heterocycles. The van der Waals surface area contributed by atoms with Gasteiger partial charge in [0.05, 0.1) is 11.1 Å². The molecule has 0 saturated heterocycles. The maximum absolute atomic E-state index is 12.6. The van der Waals surface area contributed by atoms with Crippen molar-refractivity contribution in [2.24, 2.45) is 0 Å². The molecule has 0 unspecified atom stereocenters. The summed E-state index contributed by atoms with van der Waals surface area (Å²) in [6.07, 6.45) is -3.35. The van der Waals surface area contributed by atoms with Crippen LogP contribution in [0.1, 0.15) is 15.9 Å². The predicted molar refractivity (Wildman–Crippen MR) is 66.8 cm³/mol. The predicted octanol–water partition coefficient (Wildman–Crippen LogP) is 3.95. The first-order valence-corrected chi connectivity index (χ1v) is 6.22. The third-order valence-corrected chi connectivity index (χ3v) is 3.29. The van der Waals surface area contributed by atoms with Crippen molar-refractivity contribution < 1.29 is 23.1 Å². The normalized spacial score (nSPS) is 11.3. The molecule has 0 amide bonds. The Balaban J connectivity index is 2.26. The molecule has 2 aromatic rings. The van der Waals surface area contributed by atoms with Crippen LogP contribution >= 0.6 is 11.8 Å². The van der Waals surface area contributed by atoms with E-state index >= 15 is 0 Å². The molecule has 0 spiro atoms. The van der Waals surface area contributed by atoms with E-state index in [-0.39, 0.29) is 10.6 Å². The molecule has 3 nitrogen and oxygen atoms in total. The van der Waals surface area contributed by atoms with Gasteiger partial charge in [-0.3, -0.25) is 0 Å². The molecule has 0 fully saturated rings. The van der Waals surface area contributed by atoms with Gasteiger partial charge in [0, 0.05) is 11.1 Å². The van der Waals surface area contributed by atoms with Crippen LogP contribution in [0.2, 0.25) is 0 Å². The topological polar surface area (TPSA) is 50.2 Å². The molecule has 0 saturated carbocycles. The van der Waals surface area contributed by atoms with E-state index in [1.54, 1.807) is 6.07 Å². The third kappa shape index (κ3) is 3.51. The second-order valence-electron chi connectivity index (χ2n) is 3.82. The van der Waals surface area contributed by atoms with Crippen LogP contribution in [0.25, 0.3) is 0 Å². The average Bonchev–Trinajstić information content (AvgIpc) is 2.38. The second kappa shape index (κ2) is 5.54. The lowest BCUT2D eigenvalue weighted by Crippen LogP contribution is -2.05. The Hall–Kier alpha value is -2.02. The minimum atomic E-state index is -4.43. The van der Waals surface area contributed by atoms with Gasteiger partial charge >= 0.3 is 12.1 Å². The molecular weight excluding hydrogens is 291 g/mol. The van der Waals surface area contributed by atoms with Crippen molar-refractivity contribution in [3.63, 3.8) is 0 Å². The van der Waals surface area contributed by atoms with Crippen LogP contribution in [0.5, 0.6) is 0 Å². The fraction of sp³-hybridized carbons (Fsp3) is 0.0769. The molecule has 7 heteroatoms. The Labute approximate surface area is 116 Å². The fourth-order valence-corrected chi connectivity index (χ4v) is 2.33. The number of carboxylic acids is 1. The van der Waals surface area contributed by atoms with Gasteiger partial charge in [0.2, 0.25) is 0 Å². The lowest BCUT2D eigenvalue weighted by molar-refractivity contribution is -0.137. The summed E-state index contributed by atoms with van der Waals surface area (Å²) in [5.74, 6) is -1.09. The van der Waals surface area contributed by atoms with E-state index in [0.717, 1.165) is 30.1 Å². The Bertz CT molecular complexity index is 644. The van der Waals surface area contributed by atoms with E-state index in [0.29, 0.717) is 4.90 Å². The molecule has 1 heterocycles. The molecule has 0 bridgehead atoms. The van der Waals surface area contributed by atoms with Crippen molar-refractivity contribution in [2.45, 2.75) is 16.1 Å². The fourth-order valence-electron chi connectivity index (χ4n) is 1.45. The Kier molecular flexibility index (Phi) is 3.99. The van der Waals surface area contributed by atoms with Crippen LogP contribution in [0, 0.1) is 0 Å². The van der Waals surface area contributed by atoms with E-state index in [4.69, 9.17) is 5.11 Å². The maximum atomic E-state index is 12.6. The van der Waals surface area contributed by atoms with Crippen molar-refractivity contribution >= 4 is 17.7 Å². The van der Waals surface area contributed by atoms with E-state index in [1.807, 2.05) is 0 Å². The standard InChI is InChI=1S/C13H8F3NO2S/c14-13(15,16)9-4-5-17-11(7-9)20-10-3-1-2-8(6-10)12(18)19/h1-7H,(H,18,19). The van der Waals surface area contributed by atoms with Gasteiger partial charge in [-0.15, -0.1) is 0 Å². The van der Waals surface area contributed by atoms with E-state index < -0.39 is 17.7 Å². The quantitative estimate of drug-likeness (QED) is 0.932. The number of benzene rings is 1. The van der Waals surface area contributed by atoms with Crippen molar-refractivity contribution in [3.05, 3.63) is 53.7 Å². The van der Waals surface area contributed by atoms with Gasteiger partial charge < -0.3 is 5.11 Å². The first kappa shape index (κ1) is 14.4. The minimum absolute atomic E-state index is 0.0713. The number of rotatable bonds is 3. The van der Waals surface area contributed by atoms with E-state index in [2.05, 4.69) is 4.98 Å². The molecule has 0 aliphatic rings. The smallest absolute Gasteiger partial charge is 0.416 e. The van der Waals surface area contributed by atoms with Crippen molar-refractivity contribution in [2.75, 3.05) is 0 Å². The molecule has 20 heavy (non-hydrogen) atoms. The molecule has 0 radical (unpaired) electrons. The zero-order valence-corrected chi connectivity index (χ0v) is 10.7. The van der Waals surface area contributed by atoms with Crippen LogP contribution < -0.4 is 0 Å². The summed E-state index contributed by atoms with van der Waals surface area (Å²) < 4.78 is 37.7. The number of pyridine rings is 1. The highest BCUT2D eigenvalue weighted by Gasteiger charge is 2.30.